The normalized spacial score (nSPS) is 11.1. The molecule has 0 saturated carbocycles. The van der Waals surface area contributed by atoms with Crippen LogP contribution in [-0.2, 0) is 13.2 Å². The van der Waals surface area contributed by atoms with Gasteiger partial charge < -0.3 is 14.0 Å². The van der Waals surface area contributed by atoms with Crippen LogP contribution in [0.3, 0.4) is 0 Å². The molecule has 0 atom stereocenters. The summed E-state index contributed by atoms with van der Waals surface area (Å²) in [4.78, 5) is 4.54. The fourth-order valence-corrected chi connectivity index (χ4v) is 3.69. The van der Waals surface area contributed by atoms with Crippen molar-refractivity contribution < 1.29 is 18.3 Å². The molecular formula is C24H22F2N2O2. The highest BCUT2D eigenvalue weighted by molar-refractivity contribution is 5.86. The Bertz CT molecular complexity index is 1200. The van der Waals surface area contributed by atoms with Crippen LogP contribution in [0.2, 0.25) is 0 Å². The summed E-state index contributed by atoms with van der Waals surface area (Å²) in [5, 5.41) is 0. The number of halogens is 2. The fraction of sp³-hybridized carbons (Fsp3) is 0.208. The molecule has 2 aromatic heterocycles. The van der Waals surface area contributed by atoms with E-state index in [4.69, 9.17) is 9.47 Å². The second kappa shape index (κ2) is 8.14. The number of rotatable bonds is 6. The highest BCUT2D eigenvalue weighted by atomic mass is 19.1. The Morgan fingerprint density at radius 1 is 0.967 bits per heavy atom. The first-order valence-electron chi connectivity index (χ1n) is 9.62. The predicted molar refractivity (Wildman–Crippen MR) is 112 cm³/mol. The van der Waals surface area contributed by atoms with E-state index in [0.29, 0.717) is 17.9 Å². The van der Waals surface area contributed by atoms with Gasteiger partial charge in [-0.25, -0.2) is 8.78 Å². The summed E-state index contributed by atoms with van der Waals surface area (Å²) in [6.45, 7) is 4.69. The van der Waals surface area contributed by atoms with Gasteiger partial charge in [0, 0.05) is 29.6 Å². The van der Waals surface area contributed by atoms with Gasteiger partial charge in [-0.2, -0.15) is 0 Å². The largest absolute Gasteiger partial charge is 0.496 e. The molecule has 154 valence electrons. The Kier molecular flexibility index (Phi) is 5.40. The van der Waals surface area contributed by atoms with Gasteiger partial charge in [0.25, 0.3) is 0 Å². The lowest BCUT2D eigenvalue weighted by Crippen LogP contribution is -2.05. The van der Waals surface area contributed by atoms with Gasteiger partial charge in [0.15, 0.2) is 0 Å². The molecule has 30 heavy (non-hydrogen) atoms. The average Bonchev–Trinajstić information content (AvgIpc) is 2.97. The molecule has 2 heterocycles. The Labute approximate surface area is 173 Å². The van der Waals surface area contributed by atoms with Crippen molar-refractivity contribution >= 4 is 11.0 Å². The van der Waals surface area contributed by atoms with Gasteiger partial charge in [0.1, 0.15) is 35.3 Å². The van der Waals surface area contributed by atoms with Crippen LogP contribution in [0.15, 0.2) is 54.7 Å². The van der Waals surface area contributed by atoms with Gasteiger partial charge in [0.05, 0.1) is 19.2 Å². The van der Waals surface area contributed by atoms with Crippen molar-refractivity contribution in [3.05, 3.63) is 88.7 Å². The number of pyridine rings is 1. The second-order valence-corrected chi connectivity index (χ2v) is 7.18. The van der Waals surface area contributed by atoms with Crippen molar-refractivity contribution in [3.8, 4) is 11.5 Å². The van der Waals surface area contributed by atoms with Crippen LogP contribution in [0, 0.1) is 25.5 Å². The lowest BCUT2D eigenvalue weighted by Gasteiger charge is -2.14. The molecule has 0 bridgehead atoms. The Morgan fingerprint density at radius 2 is 1.70 bits per heavy atom. The highest BCUT2D eigenvalue weighted by Crippen LogP contribution is 2.33. The third-order valence-electron chi connectivity index (χ3n) is 5.30. The number of nitrogens with zero attached hydrogens (tertiary/aromatic N) is 2. The molecule has 0 radical (unpaired) electrons. The monoisotopic (exact) mass is 408 g/mol. The van der Waals surface area contributed by atoms with Crippen molar-refractivity contribution in [1.29, 1.82) is 0 Å². The Balaban J connectivity index is 1.75. The smallest absolute Gasteiger partial charge is 0.147 e. The van der Waals surface area contributed by atoms with Crippen molar-refractivity contribution in [2.75, 3.05) is 7.11 Å². The molecule has 2 aromatic carbocycles. The van der Waals surface area contributed by atoms with Gasteiger partial charge in [0.2, 0.25) is 0 Å². The third-order valence-corrected chi connectivity index (χ3v) is 5.30. The standard InChI is InChI=1S/C24H22F2N2O2/c1-15-16(2)28(13-18-6-4-5-7-21(18)29-3)24-22(8-9-27-23(15)24)30-14-17-10-19(25)12-20(26)11-17/h4-12H,13-14H2,1-3H3. The highest BCUT2D eigenvalue weighted by Gasteiger charge is 2.18. The first-order valence-corrected chi connectivity index (χ1v) is 9.62. The zero-order chi connectivity index (χ0) is 21.3. The van der Waals surface area contributed by atoms with E-state index >= 15 is 0 Å². The van der Waals surface area contributed by atoms with E-state index in [2.05, 4.69) is 9.55 Å². The second-order valence-electron chi connectivity index (χ2n) is 7.18. The zero-order valence-electron chi connectivity index (χ0n) is 17.1. The molecular weight excluding hydrogens is 386 g/mol. The van der Waals surface area contributed by atoms with Crippen molar-refractivity contribution in [3.63, 3.8) is 0 Å². The summed E-state index contributed by atoms with van der Waals surface area (Å²) in [6, 6.07) is 13.0. The molecule has 0 aliphatic carbocycles. The minimum Gasteiger partial charge on any atom is -0.496 e. The number of benzene rings is 2. The predicted octanol–water partition coefficient (Wildman–Crippen LogP) is 5.57. The van der Waals surface area contributed by atoms with Crippen LogP contribution in [0.4, 0.5) is 8.78 Å². The minimum atomic E-state index is -0.625. The van der Waals surface area contributed by atoms with Crippen molar-refractivity contribution in [2.45, 2.75) is 27.0 Å². The number of aryl methyl sites for hydroxylation is 1. The number of fused-ring (bicyclic) bond motifs is 1. The summed E-state index contributed by atoms with van der Waals surface area (Å²) in [5.74, 6) is 0.160. The van der Waals surface area contributed by atoms with Crippen LogP contribution >= 0.6 is 0 Å². The number of aromatic nitrogens is 2. The summed E-state index contributed by atoms with van der Waals surface area (Å²) in [6.07, 6.45) is 1.68. The number of methoxy groups -OCH3 is 1. The number of hydrogen-bond donors (Lipinski definition) is 0. The van der Waals surface area contributed by atoms with E-state index < -0.39 is 11.6 Å². The van der Waals surface area contributed by atoms with Crippen LogP contribution in [-0.4, -0.2) is 16.7 Å². The summed E-state index contributed by atoms with van der Waals surface area (Å²) >= 11 is 0. The maximum atomic E-state index is 13.5. The molecule has 0 unspecified atom stereocenters. The topological polar surface area (TPSA) is 36.3 Å². The van der Waals surface area contributed by atoms with E-state index in [1.165, 1.54) is 12.1 Å². The SMILES string of the molecule is COc1ccccc1Cn1c(C)c(C)c2nccc(OCc3cc(F)cc(F)c3)c21. The maximum Gasteiger partial charge on any atom is 0.147 e. The number of hydrogen-bond acceptors (Lipinski definition) is 3. The summed E-state index contributed by atoms with van der Waals surface area (Å²) in [7, 11) is 1.65. The molecule has 0 N–H and O–H groups in total. The molecule has 0 spiro atoms. The maximum absolute atomic E-state index is 13.5. The van der Waals surface area contributed by atoms with Gasteiger partial charge in [-0.05, 0) is 43.2 Å². The lowest BCUT2D eigenvalue weighted by atomic mass is 10.2. The molecule has 0 saturated heterocycles. The summed E-state index contributed by atoms with van der Waals surface area (Å²) in [5.41, 5.74) is 5.26. The summed E-state index contributed by atoms with van der Waals surface area (Å²) < 4.78 is 40.7. The quantitative estimate of drug-likeness (QED) is 0.419. The zero-order valence-corrected chi connectivity index (χ0v) is 17.1. The van der Waals surface area contributed by atoms with Gasteiger partial charge in [-0.15, -0.1) is 0 Å². The first kappa shape index (κ1) is 19.9. The van der Waals surface area contributed by atoms with Crippen LogP contribution in [0.5, 0.6) is 11.5 Å². The van der Waals surface area contributed by atoms with Gasteiger partial charge in [-0.1, -0.05) is 18.2 Å². The van der Waals surface area contributed by atoms with E-state index in [1.807, 2.05) is 38.1 Å². The number of ether oxygens (including phenoxy) is 2. The van der Waals surface area contributed by atoms with Crippen LogP contribution in [0.1, 0.15) is 22.4 Å². The minimum absolute atomic E-state index is 0.0473. The molecule has 0 amide bonds. The Morgan fingerprint density at radius 3 is 2.43 bits per heavy atom. The van der Waals surface area contributed by atoms with Gasteiger partial charge in [-0.3, -0.25) is 4.98 Å². The lowest BCUT2D eigenvalue weighted by molar-refractivity contribution is 0.307. The molecule has 4 aromatic rings. The first-order chi connectivity index (χ1) is 14.5. The van der Waals surface area contributed by atoms with Crippen LogP contribution < -0.4 is 9.47 Å². The van der Waals surface area contributed by atoms with Crippen LogP contribution in [0.25, 0.3) is 11.0 Å². The fourth-order valence-electron chi connectivity index (χ4n) is 3.69. The molecule has 6 heteroatoms. The van der Waals surface area contributed by atoms with E-state index in [0.717, 1.165) is 39.7 Å². The van der Waals surface area contributed by atoms with E-state index in [-0.39, 0.29) is 6.61 Å². The molecule has 0 aliphatic rings. The molecule has 0 aliphatic heterocycles. The molecule has 4 nitrogen and oxygen atoms in total. The van der Waals surface area contributed by atoms with Gasteiger partial charge >= 0.3 is 0 Å². The molecule has 0 fully saturated rings. The van der Waals surface area contributed by atoms with Crippen molar-refractivity contribution in [1.82, 2.24) is 9.55 Å². The van der Waals surface area contributed by atoms with E-state index in [9.17, 15) is 8.78 Å². The number of para-hydroxylation sites is 1. The third kappa shape index (κ3) is 3.73. The van der Waals surface area contributed by atoms with Crippen molar-refractivity contribution in [2.24, 2.45) is 0 Å². The molecule has 4 rings (SSSR count). The van der Waals surface area contributed by atoms with E-state index in [1.54, 1.807) is 19.4 Å². The average molecular weight is 408 g/mol. The Hall–Kier alpha value is -3.41.